The Labute approximate surface area is 93.9 Å². The van der Waals surface area contributed by atoms with Crippen molar-refractivity contribution in [3.05, 3.63) is 40.9 Å². The molecule has 3 nitrogen and oxygen atoms in total. The summed E-state index contributed by atoms with van der Waals surface area (Å²) in [5.41, 5.74) is 7.44. The van der Waals surface area contributed by atoms with Gasteiger partial charge in [-0.1, -0.05) is 17.7 Å². The van der Waals surface area contributed by atoms with Gasteiger partial charge in [0, 0.05) is 17.3 Å². The monoisotopic (exact) mass is 224 g/mol. The van der Waals surface area contributed by atoms with Crippen molar-refractivity contribution in [2.24, 2.45) is 0 Å². The van der Waals surface area contributed by atoms with Gasteiger partial charge >= 0.3 is 0 Å². The zero-order valence-corrected chi connectivity index (χ0v) is 9.27. The summed E-state index contributed by atoms with van der Waals surface area (Å²) in [6, 6.07) is 3.28. The molecule has 80 valence electrons. The number of benzene rings is 1. The molecule has 3 N–H and O–H groups in total. The van der Waals surface area contributed by atoms with Crippen LogP contribution in [0.2, 0.25) is 5.02 Å². The van der Waals surface area contributed by atoms with E-state index in [1.807, 2.05) is 6.92 Å². The van der Waals surface area contributed by atoms with E-state index in [1.54, 1.807) is 18.2 Å². The number of nitrogens with two attached hydrogens (primary N) is 1. The smallest absolute Gasteiger partial charge is 0.253 e. The van der Waals surface area contributed by atoms with E-state index < -0.39 is 0 Å². The fourth-order valence-corrected chi connectivity index (χ4v) is 1.48. The molecule has 0 aliphatic rings. The minimum absolute atomic E-state index is 0.238. The standard InChI is InChI=1S/C11H13ClN2O/c1-3-4-14-11(15)9-6-8(12)5-7(2)10(9)13/h3,5-6H,1,4,13H2,2H3,(H,14,15). The Balaban J connectivity index is 3.02. The highest BCUT2D eigenvalue weighted by Gasteiger charge is 2.11. The second kappa shape index (κ2) is 4.84. The summed E-state index contributed by atoms with van der Waals surface area (Å²) in [6.45, 7) is 5.73. The van der Waals surface area contributed by atoms with Gasteiger partial charge in [0.05, 0.1) is 5.56 Å². The molecule has 0 aromatic heterocycles. The van der Waals surface area contributed by atoms with Crippen LogP contribution in [0.4, 0.5) is 5.69 Å². The van der Waals surface area contributed by atoms with E-state index in [1.165, 1.54) is 0 Å². The third kappa shape index (κ3) is 2.73. The van der Waals surface area contributed by atoms with Crippen LogP contribution in [0.1, 0.15) is 15.9 Å². The van der Waals surface area contributed by atoms with Crippen LogP contribution in [-0.2, 0) is 0 Å². The van der Waals surface area contributed by atoms with Crippen molar-refractivity contribution in [3.63, 3.8) is 0 Å². The molecule has 0 aliphatic carbocycles. The van der Waals surface area contributed by atoms with Gasteiger partial charge in [0.25, 0.3) is 5.91 Å². The topological polar surface area (TPSA) is 55.1 Å². The van der Waals surface area contributed by atoms with Crippen LogP contribution in [0.5, 0.6) is 0 Å². The number of carbonyl (C=O) groups is 1. The van der Waals surface area contributed by atoms with Crippen LogP contribution in [0, 0.1) is 6.92 Å². The second-order valence-electron chi connectivity index (χ2n) is 3.18. The fourth-order valence-electron chi connectivity index (χ4n) is 1.20. The molecule has 1 aromatic carbocycles. The van der Waals surface area contributed by atoms with E-state index in [2.05, 4.69) is 11.9 Å². The molecule has 1 aromatic rings. The molecule has 0 aliphatic heterocycles. The molecule has 0 radical (unpaired) electrons. The summed E-state index contributed by atoms with van der Waals surface area (Å²) in [7, 11) is 0. The maximum atomic E-state index is 11.6. The highest BCUT2D eigenvalue weighted by molar-refractivity contribution is 6.31. The Kier molecular flexibility index (Phi) is 3.74. The van der Waals surface area contributed by atoms with Crippen molar-refractivity contribution < 1.29 is 4.79 Å². The second-order valence-corrected chi connectivity index (χ2v) is 3.62. The maximum Gasteiger partial charge on any atom is 0.253 e. The number of amides is 1. The van der Waals surface area contributed by atoms with Crippen molar-refractivity contribution >= 4 is 23.2 Å². The third-order valence-corrected chi connectivity index (χ3v) is 2.22. The number of hydrogen-bond acceptors (Lipinski definition) is 2. The molecular formula is C11H13ClN2O. The molecule has 0 spiro atoms. The lowest BCUT2D eigenvalue weighted by atomic mass is 10.1. The van der Waals surface area contributed by atoms with Crippen LogP contribution >= 0.6 is 11.6 Å². The van der Waals surface area contributed by atoms with Crippen LogP contribution in [0.3, 0.4) is 0 Å². The van der Waals surface area contributed by atoms with Crippen LogP contribution in [0.15, 0.2) is 24.8 Å². The zero-order chi connectivity index (χ0) is 11.4. The first kappa shape index (κ1) is 11.6. The zero-order valence-electron chi connectivity index (χ0n) is 8.51. The number of carbonyl (C=O) groups excluding carboxylic acids is 1. The maximum absolute atomic E-state index is 11.6. The molecule has 0 atom stereocenters. The number of nitrogens with one attached hydrogen (secondary N) is 1. The summed E-state index contributed by atoms with van der Waals surface area (Å²) >= 11 is 5.84. The number of halogens is 1. The highest BCUT2D eigenvalue weighted by Crippen LogP contribution is 2.22. The Hall–Kier alpha value is -1.48. The molecule has 0 fully saturated rings. The van der Waals surface area contributed by atoms with E-state index in [0.717, 1.165) is 5.56 Å². The van der Waals surface area contributed by atoms with E-state index >= 15 is 0 Å². The summed E-state index contributed by atoms with van der Waals surface area (Å²) in [4.78, 5) is 11.6. The largest absolute Gasteiger partial charge is 0.398 e. The van der Waals surface area contributed by atoms with Gasteiger partial charge in [-0.05, 0) is 24.6 Å². The van der Waals surface area contributed by atoms with E-state index in [-0.39, 0.29) is 5.91 Å². The Bertz CT molecular complexity index is 402. The van der Waals surface area contributed by atoms with Gasteiger partial charge in [-0.2, -0.15) is 0 Å². The van der Waals surface area contributed by atoms with Gasteiger partial charge in [0.1, 0.15) is 0 Å². The molecule has 1 amide bonds. The molecule has 0 saturated heterocycles. The number of hydrogen-bond donors (Lipinski definition) is 2. The molecule has 0 saturated carbocycles. The molecular weight excluding hydrogens is 212 g/mol. The SMILES string of the molecule is C=CCNC(=O)c1cc(Cl)cc(C)c1N. The molecule has 1 rings (SSSR count). The number of aryl methyl sites for hydroxylation is 1. The van der Waals surface area contributed by atoms with Gasteiger partial charge in [-0.3, -0.25) is 4.79 Å². The van der Waals surface area contributed by atoms with Crippen LogP contribution in [0.25, 0.3) is 0 Å². The van der Waals surface area contributed by atoms with Crippen molar-refractivity contribution in [1.82, 2.24) is 5.32 Å². The van der Waals surface area contributed by atoms with Crippen molar-refractivity contribution in [2.75, 3.05) is 12.3 Å². The summed E-state index contributed by atoms with van der Waals surface area (Å²) < 4.78 is 0. The molecule has 0 unspecified atom stereocenters. The molecule has 0 heterocycles. The first-order valence-electron chi connectivity index (χ1n) is 4.51. The van der Waals surface area contributed by atoms with Gasteiger partial charge in [-0.25, -0.2) is 0 Å². The van der Waals surface area contributed by atoms with E-state index in [4.69, 9.17) is 17.3 Å². The van der Waals surface area contributed by atoms with Gasteiger partial charge in [0.15, 0.2) is 0 Å². The quantitative estimate of drug-likeness (QED) is 0.611. The first-order chi connectivity index (χ1) is 7.06. The lowest BCUT2D eigenvalue weighted by molar-refractivity contribution is 0.0959. The molecule has 15 heavy (non-hydrogen) atoms. The highest BCUT2D eigenvalue weighted by atomic mass is 35.5. The van der Waals surface area contributed by atoms with Crippen molar-refractivity contribution in [2.45, 2.75) is 6.92 Å². The average Bonchev–Trinajstić information content (AvgIpc) is 2.19. The lowest BCUT2D eigenvalue weighted by Crippen LogP contribution is -2.24. The van der Waals surface area contributed by atoms with E-state index in [9.17, 15) is 4.79 Å². The minimum Gasteiger partial charge on any atom is -0.398 e. The average molecular weight is 225 g/mol. The normalized spacial score (nSPS) is 9.73. The minimum atomic E-state index is -0.238. The third-order valence-electron chi connectivity index (χ3n) is 2.00. The van der Waals surface area contributed by atoms with Gasteiger partial charge < -0.3 is 11.1 Å². The van der Waals surface area contributed by atoms with Crippen molar-refractivity contribution in [3.8, 4) is 0 Å². The predicted octanol–water partition coefficient (Wildman–Crippen LogP) is 2.15. The van der Waals surface area contributed by atoms with Crippen molar-refractivity contribution in [1.29, 1.82) is 0 Å². The first-order valence-corrected chi connectivity index (χ1v) is 4.88. The Morgan fingerprint density at radius 2 is 2.33 bits per heavy atom. The van der Waals surface area contributed by atoms with Gasteiger partial charge in [-0.15, -0.1) is 6.58 Å². The summed E-state index contributed by atoms with van der Waals surface area (Å²) in [5.74, 6) is -0.238. The predicted molar refractivity (Wildman–Crippen MR) is 63.1 cm³/mol. The van der Waals surface area contributed by atoms with Crippen LogP contribution < -0.4 is 11.1 Å². The lowest BCUT2D eigenvalue weighted by Gasteiger charge is -2.08. The Morgan fingerprint density at radius 3 is 2.93 bits per heavy atom. The van der Waals surface area contributed by atoms with E-state index in [0.29, 0.717) is 22.8 Å². The van der Waals surface area contributed by atoms with Gasteiger partial charge in [0.2, 0.25) is 0 Å². The summed E-state index contributed by atoms with van der Waals surface area (Å²) in [5, 5.41) is 3.15. The number of rotatable bonds is 3. The number of anilines is 1. The fraction of sp³-hybridized carbons (Fsp3) is 0.182. The summed E-state index contributed by atoms with van der Waals surface area (Å²) in [6.07, 6.45) is 1.60. The molecule has 0 bridgehead atoms. The van der Waals surface area contributed by atoms with Crippen LogP contribution in [-0.4, -0.2) is 12.5 Å². The Morgan fingerprint density at radius 1 is 1.67 bits per heavy atom. The number of nitrogen functional groups attached to an aromatic ring is 1. The molecule has 4 heteroatoms.